The first kappa shape index (κ1) is 18.1. The average Bonchev–Trinajstić information content (AvgIpc) is 3.45. The molecule has 4 aliphatic rings. The zero-order chi connectivity index (χ0) is 20.7. The van der Waals surface area contributed by atoms with Gasteiger partial charge in [-0.05, 0) is 43.4 Å². The maximum absolute atomic E-state index is 13.6. The minimum atomic E-state index is -0.316. The molecule has 2 saturated carbocycles. The van der Waals surface area contributed by atoms with Gasteiger partial charge >= 0.3 is 0 Å². The van der Waals surface area contributed by atoms with Gasteiger partial charge < -0.3 is 4.84 Å². The molecule has 2 aliphatic heterocycles. The number of aryl methyl sites for hydroxylation is 2. The highest BCUT2D eigenvalue weighted by Gasteiger charge is 2.70. The van der Waals surface area contributed by atoms with Gasteiger partial charge in [0.15, 0.2) is 0 Å². The molecule has 5 nitrogen and oxygen atoms in total. The molecule has 30 heavy (non-hydrogen) atoms. The van der Waals surface area contributed by atoms with Crippen LogP contribution in [0.5, 0.6) is 0 Å². The van der Waals surface area contributed by atoms with Crippen LogP contribution in [0.25, 0.3) is 0 Å². The topological polar surface area (TPSA) is 59.0 Å². The minimum absolute atomic E-state index is 0.00539. The molecular weight excluding hydrogens is 400 g/mol. The first-order chi connectivity index (χ1) is 14.5. The lowest BCUT2D eigenvalue weighted by molar-refractivity contribution is -0.125. The molecule has 0 N–H and O–H groups in total. The van der Waals surface area contributed by atoms with Gasteiger partial charge in [0.1, 0.15) is 6.10 Å². The Hall–Kier alpha value is -2.66. The van der Waals surface area contributed by atoms with E-state index in [1.807, 2.05) is 56.3 Å². The summed E-state index contributed by atoms with van der Waals surface area (Å²) in [5.41, 5.74) is 4.31. The molecule has 3 fully saturated rings. The number of anilines is 1. The van der Waals surface area contributed by atoms with Gasteiger partial charge in [0, 0.05) is 22.4 Å². The van der Waals surface area contributed by atoms with E-state index < -0.39 is 0 Å². The highest BCUT2D eigenvalue weighted by atomic mass is 35.5. The van der Waals surface area contributed by atoms with Crippen LogP contribution in [-0.4, -0.2) is 23.6 Å². The van der Waals surface area contributed by atoms with E-state index in [0.29, 0.717) is 5.02 Å². The molecule has 6 heteroatoms. The number of para-hydroxylation sites is 1. The lowest BCUT2D eigenvalue weighted by Gasteiger charge is -2.30. The fourth-order valence-corrected chi connectivity index (χ4v) is 6.63. The predicted octanol–water partition coefficient (Wildman–Crippen LogP) is 4.13. The van der Waals surface area contributed by atoms with Gasteiger partial charge in [-0.3, -0.25) is 9.59 Å². The quantitative estimate of drug-likeness (QED) is 0.686. The maximum atomic E-state index is 13.6. The molecular formula is C24H21ClN2O3. The van der Waals surface area contributed by atoms with E-state index in [2.05, 4.69) is 5.16 Å². The molecule has 2 aromatic carbocycles. The number of imide groups is 1. The van der Waals surface area contributed by atoms with Crippen molar-refractivity contribution in [2.45, 2.75) is 26.4 Å². The third kappa shape index (κ3) is 2.16. The van der Waals surface area contributed by atoms with Gasteiger partial charge in [0.05, 0.1) is 23.2 Å². The minimum Gasteiger partial charge on any atom is -0.391 e. The Kier molecular flexibility index (Phi) is 3.73. The lowest BCUT2D eigenvalue weighted by Crippen LogP contribution is -2.41. The molecule has 2 aromatic rings. The molecule has 2 bridgehead atoms. The smallest absolute Gasteiger partial charge is 0.238 e. The summed E-state index contributed by atoms with van der Waals surface area (Å²) in [5.74, 6) is -0.707. The van der Waals surface area contributed by atoms with Crippen molar-refractivity contribution < 1.29 is 14.4 Å². The van der Waals surface area contributed by atoms with E-state index in [1.54, 1.807) is 0 Å². The van der Waals surface area contributed by atoms with Gasteiger partial charge in [-0.2, -0.15) is 0 Å². The number of carbonyl (C=O) groups is 2. The molecule has 2 heterocycles. The molecule has 6 rings (SSSR count). The number of oxime groups is 1. The van der Waals surface area contributed by atoms with Crippen molar-refractivity contribution in [3.05, 3.63) is 64.2 Å². The first-order valence-electron chi connectivity index (χ1n) is 10.4. The van der Waals surface area contributed by atoms with E-state index in [-0.39, 0.29) is 47.5 Å². The zero-order valence-electron chi connectivity index (χ0n) is 16.7. The van der Waals surface area contributed by atoms with Crippen molar-refractivity contribution in [1.82, 2.24) is 0 Å². The maximum Gasteiger partial charge on any atom is 0.238 e. The second-order valence-corrected chi connectivity index (χ2v) is 9.33. The molecule has 2 aliphatic carbocycles. The second-order valence-electron chi connectivity index (χ2n) is 8.92. The van der Waals surface area contributed by atoms with Gasteiger partial charge in [0.2, 0.25) is 11.8 Å². The first-order valence-corrected chi connectivity index (χ1v) is 10.8. The summed E-state index contributed by atoms with van der Waals surface area (Å²) in [4.78, 5) is 34.4. The number of rotatable bonds is 2. The predicted molar refractivity (Wildman–Crippen MR) is 113 cm³/mol. The van der Waals surface area contributed by atoms with Crippen molar-refractivity contribution in [3.63, 3.8) is 0 Å². The molecule has 152 valence electrons. The normalized spacial score (nSPS) is 33.6. The van der Waals surface area contributed by atoms with Crippen molar-refractivity contribution in [2.24, 2.45) is 34.7 Å². The summed E-state index contributed by atoms with van der Waals surface area (Å²) in [6.07, 6.45) is 0.670. The lowest BCUT2D eigenvalue weighted by atomic mass is 9.71. The fraction of sp³-hybridized carbons (Fsp3) is 0.375. The Morgan fingerprint density at radius 2 is 1.60 bits per heavy atom. The zero-order valence-corrected chi connectivity index (χ0v) is 17.5. The summed E-state index contributed by atoms with van der Waals surface area (Å²) < 4.78 is 0. The van der Waals surface area contributed by atoms with E-state index in [9.17, 15) is 9.59 Å². The van der Waals surface area contributed by atoms with Crippen molar-refractivity contribution in [2.75, 3.05) is 4.90 Å². The van der Waals surface area contributed by atoms with Crippen LogP contribution in [0.3, 0.4) is 0 Å². The van der Waals surface area contributed by atoms with Gasteiger partial charge in [0.25, 0.3) is 0 Å². The average molecular weight is 421 g/mol. The number of amides is 2. The molecule has 6 atom stereocenters. The van der Waals surface area contributed by atoms with Crippen LogP contribution in [0.2, 0.25) is 5.02 Å². The number of fused-ring (bicyclic) bond motifs is 8. The van der Waals surface area contributed by atoms with Crippen LogP contribution < -0.4 is 4.90 Å². The van der Waals surface area contributed by atoms with E-state index in [4.69, 9.17) is 16.4 Å². The third-order valence-corrected chi connectivity index (χ3v) is 7.83. The molecule has 0 spiro atoms. The number of hydrogen-bond acceptors (Lipinski definition) is 4. The van der Waals surface area contributed by atoms with Crippen LogP contribution in [0.4, 0.5) is 5.69 Å². The van der Waals surface area contributed by atoms with Crippen LogP contribution in [0.1, 0.15) is 23.1 Å². The molecule has 0 radical (unpaired) electrons. The highest BCUT2D eigenvalue weighted by Crippen LogP contribution is 2.62. The molecule has 1 saturated heterocycles. The van der Waals surface area contributed by atoms with Crippen LogP contribution in [0.15, 0.2) is 47.6 Å². The molecule has 0 aromatic heterocycles. The Morgan fingerprint density at radius 1 is 0.933 bits per heavy atom. The summed E-state index contributed by atoms with van der Waals surface area (Å²) in [7, 11) is 0. The molecule has 0 unspecified atom stereocenters. The Balaban J connectivity index is 1.40. The third-order valence-electron chi connectivity index (χ3n) is 7.50. The van der Waals surface area contributed by atoms with Crippen LogP contribution in [0, 0.1) is 43.4 Å². The number of nitrogens with zero attached hydrogens (tertiary/aromatic N) is 2. The monoisotopic (exact) mass is 420 g/mol. The van der Waals surface area contributed by atoms with E-state index >= 15 is 0 Å². The number of halogens is 1. The van der Waals surface area contributed by atoms with E-state index in [0.717, 1.165) is 34.5 Å². The van der Waals surface area contributed by atoms with Gasteiger partial charge in [-0.1, -0.05) is 53.2 Å². The summed E-state index contributed by atoms with van der Waals surface area (Å²) in [5, 5.41) is 5.00. The van der Waals surface area contributed by atoms with E-state index in [1.165, 1.54) is 4.90 Å². The van der Waals surface area contributed by atoms with Crippen LogP contribution in [-0.2, 0) is 14.4 Å². The highest BCUT2D eigenvalue weighted by molar-refractivity contribution is 6.34. The largest absolute Gasteiger partial charge is 0.391 e. The number of carbonyl (C=O) groups excluding carboxylic acids is 2. The van der Waals surface area contributed by atoms with Gasteiger partial charge in [-0.25, -0.2) is 4.90 Å². The van der Waals surface area contributed by atoms with Crippen molar-refractivity contribution in [3.8, 4) is 0 Å². The second kappa shape index (κ2) is 6.17. The van der Waals surface area contributed by atoms with Crippen molar-refractivity contribution >= 4 is 34.8 Å². The Labute approximate surface area is 179 Å². The van der Waals surface area contributed by atoms with Crippen molar-refractivity contribution in [1.29, 1.82) is 0 Å². The number of benzene rings is 2. The van der Waals surface area contributed by atoms with Gasteiger partial charge in [-0.15, -0.1) is 0 Å². The fourth-order valence-electron chi connectivity index (χ4n) is 6.40. The standard InChI is InChI=1S/C24H21ClN2O3/c1-11-6-5-7-12(2)21(11)27-23(28)17-14-10-15(18(17)24(27)29)22-19(14)20(26-30-22)13-8-3-4-9-16(13)25/h3-9,14-15,17-19,22H,10H2,1-2H3/t14-,15-,17-,18-,19-,22-/m1/s1. The summed E-state index contributed by atoms with van der Waals surface area (Å²) in [6.45, 7) is 3.90. The summed E-state index contributed by atoms with van der Waals surface area (Å²) >= 11 is 6.43. The molecule has 2 amide bonds. The summed E-state index contributed by atoms with van der Waals surface area (Å²) in [6, 6.07) is 13.5. The number of hydrogen-bond donors (Lipinski definition) is 0. The SMILES string of the molecule is Cc1cccc(C)c1N1C(=O)[C@@H]2[C@H]3C[C@@H]([C@H]4ON=C(c5ccccc5Cl)[C@@H]34)[C@H]2C1=O. The Bertz CT molecular complexity index is 1120. The Morgan fingerprint density at radius 3 is 2.30 bits per heavy atom. The van der Waals surface area contributed by atoms with Crippen LogP contribution >= 0.6 is 11.6 Å².